The average molecular weight is 509 g/mol. The zero-order valence-electron chi connectivity index (χ0n) is 21.2. The number of aliphatic carboxylic acids is 1. The second kappa shape index (κ2) is 12.4. The van der Waals surface area contributed by atoms with E-state index in [4.69, 9.17) is 14.2 Å². The zero-order valence-corrected chi connectivity index (χ0v) is 21.2. The Morgan fingerprint density at radius 1 is 0.611 bits per heavy atom. The fourth-order valence-corrected chi connectivity index (χ4v) is 4.18. The lowest BCUT2D eigenvalue weighted by Gasteiger charge is -2.28. The summed E-state index contributed by atoms with van der Waals surface area (Å²) in [6.45, 7) is 4.34. The summed E-state index contributed by atoms with van der Waals surface area (Å²) in [7, 11) is 0. The molecule has 4 fully saturated rings. The Labute approximate surface area is 212 Å². The lowest BCUT2D eigenvalue weighted by molar-refractivity contribution is -0.147. The van der Waals surface area contributed by atoms with Crippen molar-refractivity contribution in [3.63, 3.8) is 0 Å². The lowest BCUT2D eigenvalue weighted by Crippen LogP contribution is -2.41. The van der Waals surface area contributed by atoms with Crippen LogP contribution in [0, 0.1) is 23.2 Å². The second-order valence-electron chi connectivity index (χ2n) is 10.8. The third-order valence-corrected chi connectivity index (χ3v) is 7.63. The Kier molecular flexibility index (Phi) is 9.22. The molecular formula is C26H40N2O8. The minimum absolute atomic E-state index is 0.0485. The van der Waals surface area contributed by atoms with Gasteiger partial charge in [0.25, 0.3) is 0 Å². The fourth-order valence-electron chi connectivity index (χ4n) is 4.18. The van der Waals surface area contributed by atoms with Crippen molar-refractivity contribution in [3.05, 3.63) is 0 Å². The summed E-state index contributed by atoms with van der Waals surface area (Å²) in [4.78, 5) is 51.6. The number of carboxylic acids is 1. The number of carbonyl (C=O) groups is 4. The van der Waals surface area contributed by atoms with Crippen LogP contribution in [0.4, 0.5) is 0 Å². The van der Waals surface area contributed by atoms with Crippen LogP contribution in [0.3, 0.4) is 0 Å². The lowest BCUT2D eigenvalue weighted by atomic mass is 10.0. The highest BCUT2D eigenvalue weighted by molar-refractivity contribution is 5.77. The van der Waals surface area contributed by atoms with E-state index < -0.39 is 11.4 Å². The van der Waals surface area contributed by atoms with Crippen LogP contribution >= 0.6 is 0 Å². The number of carboxylic acid groups (broad SMARTS) is 1. The summed E-state index contributed by atoms with van der Waals surface area (Å²) in [6, 6.07) is 0. The Hall–Kier alpha value is -2.20. The minimum Gasteiger partial charge on any atom is -0.481 e. The second-order valence-corrected chi connectivity index (χ2v) is 10.8. The van der Waals surface area contributed by atoms with Gasteiger partial charge in [0.1, 0.15) is 19.8 Å². The molecule has 0 heterocycles. The van der Waals surface area contributed by atoms with E-state index in [9.17, 15) is 24.3 Å². The maximum Gasteiger partial charge on any atom is 0.309 e. The minimum atomic E-state index is -0.737. The fraction of sp³-hybridized carbons (Fsp3) is 0.846. The summed E-state index contributed by atoms with van der Waals surface area (Å²) in [6.07, 6.45) is 7.38. The van der Waals surface area contributed by atoms with E-state index in [-0.39, 0.29) is 55.5 Å². The molecule has 10 nitrogen and oxygen atoms in total. The van der Waals surface area contributed by atoms with Crippen molar-refractivity contribution < 1.29 is 38.5 Å². The zero-order chi connectivity index (χ0) is 25.5. The molecule has 10 heteroatoms. The van der Waals surface area contributed by atoms with Gasteiger partial charge in [-0.1, -0.05) is 0 Å². The van der Waals surface area contributed by atoms with E-state index in [2.05, 4.69) is 9.80 Å². The summed E-state index contributed by atoms with van der Waals surface area (Å²) in [5.74, 6) is -1.01. The third kappa shape index (κ3) is 8.73. The van der Waals surface area contributed by atoms with Crippen LogP contribution in [0.2, 0.25) is 0 Å². The van der Waals surface area contributed by atoms with Crippen LogP contribution in [0.5, 0.6) is 0 Å². The van der Waals surface area contributed by atoms with Crippen LogP contribution < -0.4 is 0 Å². The molecule has 0 spiro atoms. The largest absolute Gasteiger partial charge is 0.481 e. The van der Waals surface area contributed by atoms with Crippen molar-refractivity contribution in [2.45, 2.75) is 57.8 Å². The molecule has 4 saturated carbocycles. The molecular weight excluding hydrogens is 468 g/mol. The number of esters is 3. The first-order chi connectivity index (χ1) is 17.4. The molecule has 36 heavy (non-hydrogen) atoms. The van der Waals surface area contributed by atoms with Gasteiger partial charge in [0.2, 0.25) is 0 Å². The van der Waals surface area contributed by atoms with Crippen molar-refractivity contribution in [1.82, 2.24) is 9.80 Å². The monoisotopic (exact) mass is 508 g/mol. The first kappa shape index (κ1) is 26.9. The summed E-state index contributed by atoms with van der Waals surface area (Å²) < 4.78 is 16.2. The van der Waals surface area contributed by atoms with Crippen molar-refractivity contribution in [3.8, 4) is 0 Å². The van der Waals surface area contributed by atoms with E-state index in [1.807, 2.05) is 0 Å². The highest BCUT2D eigenvalue weighted by Crippen LogP contribution is 2.49. The Morgan fingerprint density at radius 3 is 1.28 bits per heavy atom. The highest BCUT2D eigenvalue weighted by atomic mass is 16.5. The number of hydrogen-bond donors (Lipinski definition) is 1. The third-order valence-electron chi connectivity index (χ3n) is 7.63. The molecule has 0 unspecified atom stereocenters. The molecule has 0 aromatic rings. The van der Waals surface area contributed by atoms with Crippen LogP contribution in [0.1, 0.15) is 57.8 Å². The first-order valence-corrected chi connectivity index (χ1v) is 13.5. The molecule has 1 N–H and O–H groups in total. The molecule has 0 aromatic heterocycles. The van der Waals surface area contributed by atoms with Gasteiger partial charge in [-0.2, -0.15) is 0 Å². The van der Waals surface area contributed by atoms with Crippen LogP contribution in [0.15, 0.2) is 0 Å². The molecule has 0 radical (unpaired) electrons. The van der Waals surface area contributed by atoms with Crippen LogP contribution in [-0.4, -0.2) is 97.9 Å². The number of nitrogens with zero attached hydrogens (tertiary/aromatic N) is 2. The Morgan fingerprint density at radius 2 is 0.972 bits per heavy atom. The van der Waals surface area contributed by atoms with Gasteiger partial charge >= 0.3 is 23.9 Å². The smallest absolute Gasteiger partial charge is 0.309 e. The molecule has 0 aromatic carbocycles. The predicted octanol–water partition coefficient (Wildman–Crippen LogP) is 1.70. The first-order valence-electron chi connectivity index (χ1n) is 13.5. The van der Waals surface area contributed by atoms with Gasteiger partial charge in [-0.3, -0.25) is 29.0 Å². The van der Waals surface area contributed by atoms with Crippen molar-refractivity contribution in [2.24, 2.45) is 23.2 Å². The van der Waals surface area contributed by atoms with E-state index in [1.165, 1.54) is 0 Å². The summed E-state index contributed by atoms with van der Waals surface area (Å²) >= 11 is 0. The molecule has 4 aliphatic rings. The van der Waals surface area contributed by atoms with Gasteiger partial charge in [0, 0.05) is 32.7 Å². The van der Waals surface area contributed by atoms with Gasteiger partial charge in [-0.05, 0) is 64.3 Å². The molecule has 4 aliphatic carbocycles. The topological polar surface area (TPSA) is 123 Å². The van der Waals surface area contributed by atoms with Crippen molar-refractivity contribution in [2.75, 3.05) is 59.1 Å². The van der Waals surface area contributed by atoms with Gasteiger partial charge in [0.15, 0.2) is 0 Å². The SMILES string of the molecule is O=C(OCCN(CCOC(=O)C1CC1)CCN(CCOC(=O)C1CC1)CCC1(C(=O)O)CC1)C1CC1. The Balaban J connectivity index is 1.24. The average Bonchev–Trinajstić information content (AvgIpc) is 3.71. The molecule has 0 atom stereocenters. The Bertz CT molecular complexity index is 772. The molecule has 202 valence electrons. The number of ether oxygens (including phenoxy) is 3. The van der Waals surface area contributed by atoms with Crippen molar-refractivity contribution >= 4 is 23.9 Å². The standard InChI is InChI=1S/C26H40N2O8/c29-22(19-1-2-19)34-16-13-27(10-9-26(7-8-26)25(32)33)11-12-28(14-17-35-23(30)20-3-4-20)15-18-36-24(31)21-5-6-21/h19-21H,1-18H2,(H,32,33). The van der Waals surface area contributed by atoms with Crippen LogP contribution in [0.25, 0.3) is 0 Å². The summed E-state index contributed by atoms with van der Waals surface area (Å²) in [5.41, 5.74) is -0.614. The van der Waals surface area contributed by atoms with Crippen molar-refractivity contribution in [1.29, 1.82) is 0 Å². The quantitative estimate of drug-likeness (QED) is 0.204. The molecule has 0 bridgehead atoms. The normalized spacial score (nSPS) is 20.3. The van der Waals surface area contributed by atoms with E-state index in [0.29, 0.717) is 58.5 Å². The van der Waals surface area contributed by atoms with Gasteiger partial charge in [-0.15, -0.1) is 0 Å². The maximum absolute atomic E-state index is 11.9. The molecule has 4 rings (SSSR count). The predicted molar refractivity (Wildman–Crippen MR) is 128 cm³/mol. The number of hydrogen-bond acceptors (Lipinski definition) is 9. The van der Waals surface area contributed by atoms with Gasteiger partial charge in [-0.25, -0.2) is 0 Å². The van der Waals surface area contributed by atoms with E-state index in [1.54, 1.807) is 0 Å². The highest BCUT2D eigenvalue weighted by Gasteiger charge is 2.49. The number of rotatable bonds is 19. The van der Waals surface area contributed by atoms with Gasteiger partial charge in [0.05, 0.1) is 23.2 Å². The van der Waals surface area contributed by atoms with Crippen LogP contribution in [-0.2, 0) is 33.4 Å². The molecule has 0 amide bonds. The maximum atomic E-state index is 11.9. The summed E-state index contributed by atoms with van der Waals surface area (Å²) in [5, 5.41) is 9.54. The molecule has 0 saturated heterocycles. The number of carbonyl (C=O) groups excluding carboxylic acids is 3. The molecule has 0 aliphatic heterocycles. The van der Waals surface area contributed by atoms with E-state index >= 15 is 0 Å². The van der Waals surface area contributed by atoms with Gasteiger partial charge < -0.3 is 19.3 Å². The van der Waals surface area contributed by atoms with E-state index in [0.717, 1.165) is 38.5 Å².